The van der Waals surface area contributed by atoms with Crippen LogP contribution in [-0.4, -0.2) is 12.6 Å². The van der Waals surface area contributed by atoms with Gasteiger partial charge in [0.05, 0.1) is 17.9 Å². The van der Waals surface area contributed by atoms with Crippen LogP contribution in [0.25, 0.3) is 0 Å². The first-order valence-corrected chi connectivity index (χ1v) is 4.20. The highest BCUT2D eigenvalue weighted by atomic mass is 35.5. The van der Waals surface area contributed by atoms with E-state index in [4.69, 9.17) is 21.1 Å². The van der Waals surface area contributed by atoms with Crippen LogP contribution in [0.5, 0.6) is 0 Å². The molecule has 1 aliphatic rings. The molecule has 0 fully saturated rings. The lowest BCUT2D eigenvalue weighted by Crippen LogP contribution is -2.09. The number of allylic oxidation sites excluding steroid dienone is 4. The molecule has 1 rings (SSSR count). The number of ether oxygens (including phenoxy) is 2. The summed E-state index contributed by atoms with van der Waals surface area (Å²) in [6.07, 6.45) is 6.25. The van der Waals surface area contributed by atoms with E-state index in [1.165, 1.54) is 6.26 Å². The Bertz CT molecular complexity index is 289. The van der Waals surface area contributed by atoms with Crippen LogP contribution in [0.15, 0.2) is 35.3 Å². The number of rotatable bonds is 2. The van der Waals surface area contributed by atoms with E-state index in [-0.39, 0.29) is 10.8 Å². The number of hydrogen-bond donors (Lipinski definition) is 0. The highest BCUT2D eigenvalue weighted by Crippen LogP contribution is 2.17. The third kappa shape index (κ3) is 2.63. The molecule has 1 aliphatic heterocycles. The van der Waals surface area contributed by atoms with E-state index in [2.05, 4.69) is 0 Å². The largest absolute Gasteiger partial charge is 0.460 e. The molecule has 1 heterocycles. The average molecular weight is 201 g/mol. The van der Waals surface area contributed by atoms with Gasteiger partial charge in [0.1, 0.15) is 0 Å². The van der Waals surface area contributed by atoms with Gasteiger partial charge in [0.15, 0.2) is 0 Å². The van der Waals surface area contributed by atoms with E-state index in [0.717, 1.165) is 0 Å². The Morgan fingerprint density at radius 1 is 1.62 bits per heavy atom. The highest BCUT2D eigenvalue weighted by Gasteiger charge is 2.16. The molecule has 0 aliphatic carbocycles. The molecule has 0 atom stereocenters. The van der Waals surface area contributed by atoms with Crippen molar-refractivity contribution in [1.82, 2.24) is 0 Å². The minimum atomic E-state index is -0.552. The standard InChI is InChI=1S/C9H9ClO3/c1-2-12-9(11)8-7(10)5-3-4-6-13-8/h3-6H,2H2,1H3. The molecule has 0 N–H and O–H groups in total. The second kappa shape index (κ2) is 4.72. The average Bonchev–Trinajstić information content (AvgIpc) is 2.30. The Kier molecular flexibility index (Phi) is 3.58. The molecule has 3 nitrogen and oxygen atoms in total. The van der Waals surface area contributed by atoms with E-state index in [9.17, 15) is 4.79 Å². The van der Waals surface area contributed by atoms with Crippen LogP contribution in [0, 0.1) is 0 Å². The fraction of sp³-hybridized carbons (Fsp3) is 0.222. The zero-order chi connectivity index (χ0) is 9.68. The molecule has 0 radical (unpaired) electrons. The van der Waals surface area contributed by atoms with Gasteiger partial charge in [0, 0.05) is 0 Å². The predicted molar refractivity (Wildman–Crippen MR) is 48.9 cm³/mol. The topological polar surface area (TPSA) is 35.5 Å². The maximum absolute atomic E-state index is 11.2. The summed E-state index contributed by atoms with van der Waals surface area (Å²) in [6.45, 7) is 2.01. The molecule has 70 valence electrons. The van der Waals surface area contributed by atoms with Gasteiger partial charge in [-0.15, -0.1) is 0 Å². The van der Waals surface area contributed by atoms with Crippen molar-refractivity contribution in [2.24, 2.45) is 0 Å². The Balaban J connectivity index is 2.82. The fourth-order valence-corrected chi connectivity index (χ4v) is 0.961. The van der Waals surface area contributed by atoms with E-state index >= 15 is 0 Å². The van der Waals surface area contributed by atoms with Crippen molar-refractivity contribution in [3.05, 3.63) is 35.3 Å². The van der Waals surface area contributed by atoms with Crippen molar-refractivity contribution in [3.8, 4) is 0 Å². The monoisotopic (exact) mass is 200 g/mol. The van der Waals surface area contributed by atoms with Crippen LogP contribution in [0.4, 0.5) is 0 Å². The maximum atomic E-state index is 11.2. The van der Waals surface area contributed by atoms with Gasteiger partial charge in [0.2, 0.25) is 5.76 Å². The molecule has 0 amide bonds. The van der Waals surface area contributed by atoms with Crippen molar-refractivity contribution in [2.75, 3.05) is 6.61 Å². The summed E-state index contributed by atoms with van der Waals surface area (Å²) in [7, 11) is 0. The van der Waals surface area contributed by atoms with E-state index in [0.29, 0.717) is 6.61 Å². The van der Waals surface area contributed by atoms with Gasteiger partial charge in [0.25, 0.3) is 0 Å². The summed E-state index contributed by atoms with van der Waals surface area (Å²) in [5.74, 6) is -0.530. The van der Waals surface area contributed by atoms with Gasteiger partial charge in [-0.3, -0.25) is 0 Å². The first-order chi connectivity index (χ1) is 6.25. The number of carbonyl (C=O) groups is 1. The van der Waals surface area contributed by atoms with Gasteiger partial charge < -0.3 is 9.47 Å². The number of esters is 1. The summed E-state index contributed by atoms with van der Waals surface area (Å²) in [5, 5.41) is 0.239. The fourth-order valence-electron chi connectivity index (χ4n) is 0.767. The molecule has 13 heavy (non-hydrogen) atoms. The van der Waals surface area contributed by atoms with Gasteiger partial charge in [-0.2, -0.15) is 0 Å². The summed E-state index contributed by atoms with van der Waals surface area (Å²) in [4.78, 5) is 11.2. The lowest BCUT2D eigenvalue weighted by molar-refractivity contribution is -0.141. The van der Waals surface area contributed by atoms with Crippen molar-refractivity contribution in [1.29, 1.82) is 0 Å². The first-order valence-electron chi connectivity index (χ1n) is 3.82. The number of halogens is 1. The van der Waals surface area contributed by atoms with Crippen molar-refractivity contribution >= 4 is 17.6 Å². The second-order valence-corrected chi connectivity index (χ2v) is 2.61. The van der Waals surface area contributed by atoms with E-state index < -0.39 is 5.97 Å². The van der Waals surface area contributed by atoms with Crippen molar-refractivity contribution < 1.29 is 14.3 Å². The minimum Gasteiger partial charge on any atom is -0.460 e. The van der Waals surface area contributed by atoms with Crippen LogP contribution in [0.1, 0.15) is 6.92 Å². The summed E-state index contributed by atoms with van der Waals surface area (Å²) in [5.41, 5.74) is 0. The van der Waals surface area contributed by atoms with Crippen LogP contribution in [0.2, 0.25) is 0 Å². The molecular weight excluding hydrogens is 192 g/mol. The molecule has 0 saturated carbocycles. The van der Waals surface area contributed by atoms with Gasteiger partial charge >= 0.3 is 5.97 Å². The maximum Gasteiger partial charge on any atom is 0.375 e. The molecule has 0 aromatic heterocycles. The van der Waals surface area contributed by atoms with Gasteiger partial charge in [-0.25, -0.2) is 4.79 Å². The van der Waals surface area contributed by atoms with E-state index in [1.807, 2.05) is 0 Å². The van der Waals surface area contributed by atoms with E-state index in [1.54, 1.807) is 25.2 Å². The summed E-state index contributed by atoms with van der Waals surface area (Å²) in [6, 6.07) is 0. The first kappa shape index (κ1) is 9.86. The van der Waals surface area contributed by atoms with Crippen LogP contribution >= 0.6 is 11.6 Å². The Morgan fingerprint density at radius 3 is 3.08 bits per heavy atom. The molecule has 0 aromatic rings. The second-order valence-electron chi connectivity index (χ2n) is 2.20. The van der Waals surface area contributed by atoms with Crippen LogP contribution < -0.4 is 0 Å². The smallest absolute Gasteiger partial charge is 0.375 e. The van der Waals surface area contributed by atoms with Gasteiger partial charge in [-0.05, 0) is 19.1 Å². The predicted octanol–water partition coefficient (Wildman–Crippen LogP) is 2.10. The summed E-state index contributed by atoms with van der Waals surface area (Å²) < 4.78 is 9.69. The molecular formula is C9H9ClO3. The molecule has 0 bridgehead atoms. The van der Waals surface area contributed by atoms with Gasteiger partial charge in [-0.1, -0.05) is 17.7 Å². The minimum absolute atomic E-state index is 0.0218. The molecule has 0 spiro atoms. The number of carbonyl (C=O) groups excluding carboxylic acids is 1. The third-order valence-corrected chi connectivity index (χ3v) is 1.59. The van der Waals surface area contributed by atoms with Crippen LogP contribution in [-0.2, 0) is 14.3 Å². The Labute approximate surface area is 81.3 Å². The highest BCUT2D eigenvalue weighted by molar-refractivity contribution is 6.33. The zero-order valence-electron chi connectivity index (χ0n) is 7.12. The molecule has 0 saturated heterocycles. The lowest BCUT2D eigenvalue weighted by atomic mass is 10.4. The third-order valence-electron chi connectivity index (χ3n) is 1.30. The summed E-state index contributed by atoms with van der Waals surface area (Å²) >= 11 is 5.74. The van der Waals surface area contributed by atoms with Crippen molar-refractivity contribution in [3.63, 3.8) is 0 Å². The zero-order valence-corrected chi connectivity index (χ0v) is 7.88. The molecule has 4 heteroatoms. The molecule has 0 aromatic carbocycles. The van der Waals surface area contributed by atoms with Crippen molar-refractivity contribution in [2.45, 2.75) is 6.92 Å². The Hall–Kier alpha value is -1.22. The number of hydrogen-bond acceptors (Lipinski definition) is 3. The Morgan fingerprint density at radius 2 is 2.38 bits per heavy atom. The van der Waals surface area contributed by atoms with Crippen LogP contribution in [0.3, 0.4) is 0 Å². The lowest BCUT2D eigenvalue weighted by Gasteiger charge is -2.05. The SMILES string of the molecule is CCOC(=O)C1=C(Cl)C=CC=CO1. The molecule has 0 unspecified atom stereocenters. The quantitative estimate of drug-likeness (QED) is 0.641. The normalized spacial score (nSPS) is 15.2.